The van der Waals surface area contributed by atoms with Gasteiger partial charge in [-0.3, -0.25) is 0 Å². The normalized spacial score (nSPS) is 12.2. The van der Waals surface area contributed by atoms with E-state index in [1.807, 2.05) is 73.6 Å². The summed E-state index contributed by atoms with van der Waals surface area (Å²) in [5.41, 5.74) is 13.0. The number of allylic oxidation sites excluding steroid dienone is 6. The Bertz CT molecular complexity index is 2300. The Hall–Kier alpha value is -5.58. The lowest BCUT2D eigenvalue weighted by atomic mass is 10.0. The lowest BCUT2D eigenvalue weighted by molar-refractivity contribution is 0.0300. The molecule has 0 amide bonds. The van der Waals surface area contributed by atoms with Crippen molar-refractivity contribution in [3.8, 4) is 0 Å². The summed E-state index contributed by atoms with van der Waals surface area (Å²) in [6, 6.07) is 24.9. The summed E-state index contributed by atoms with van der Waals surface area (Å²) in [4.78, 5) is 0. The molecular weight excluding hydrogens is 1220 g/mol. The lowest BCUT2D eigenvalue weighted by Gasteiger charge is -2.09. The minimum atomic E-state index is 0.516. The smallest absolute Gasteiger partial charge is 0.111 e. The number of rotatable bonds is 60. The molecule has 18 heteroatoms. The van der Waals surface area contributed by atoms with Crippen LogP contribution in [0.1, 0.15) is 155 Å². The number of benzene rings is 3. The van der Waals surface area contributed by atoms with Crippen molar-refractivity contribution in [3.05, 3.63) is 144 Å². The molecule has 0 aliphatic rings. The Morgan fingerprint density at radius 3 is 0.583 bits per heavy atom. The minimum absolute atomic E-state index is 0.516. The maximum atomic E-state index is 5.64. The van der Waals surface area contributed by atoms with E-state index in [2.05, 4.69) is 82.3 Å². The highest BCUT2D eigenvalue weighted by molar-refractivity contribution is 5.72. The van der Waals surface area contributed by atoms with Gasteiger partial charge in [0, 0.05) is 39.6 Å². The Kier molecular flexibility index (Phi) is 61.4. The van der Waals surface area contributed by atoms with Gasteiger partial charge in [0.05, 0.1) is 156 Å². The first-order valence-electron chi connectivity index (χ1n) is 35.0. The zero-order valence-electron chi connectivity index (χ0n) is 61.2. The predicted molar refractivity (Wildman–Crippen MR) is 389 cm³/mol. The first-order valence-corrected chi connectivity index (χ1v) is 35.0. The van der Waals surface area contributed by atoms with Gasteiger partial charge in [0.15, 0.2) is 0 Å². The van der Waals surface area contributed by atoms with Crippen LogP contribution in [0.5, 0.6) is 0 Å². The van der Waals surface area contributed by atoms with E-state index >= 15 is 0 Å². The summed E-state index contributed by atoms with van der Waals surface area (Å²) in [5, 5.41) is 0. The van der Waals surface area contributed by atoms with Crippen LogP contribution in [0, 0.1) is 0 Å². The van der Waals surface area contributed by atoms with Crippen molar-refractivity contribution in [3.63, 3.8) is 0 Å². The van der Waals surface area contributed by atoms with Gasteiger partial charge < -0.3 is 85.3 Å². The Morgan fingerprint density at radius 1 is 0.219 bits per heavy atom. The van der Waals surface area contributed by atoms with Crippen molar-refractivity contribution in [2.45, 2.75) is 122 Å². The second kappa shape index (κ2) is 66.6. The molecule has 3 rings (SSSR count). The van der Waals surface area contributed by atoms with Crippen molar-refractivity contribution in [2.24, 2.45) is 0 Å². The van der Waals surface area contributed by atoms with Crippen LogP contribution in [-0.4, -0.2) is 198 Å². The van der Waals surface area contributed by atoms with Crippen LogP contribution >= 0.6 is 0 Å². The summed E-state index contributed by atoms with van der Waals surface area (Å²) in [6.45, 7) is 43.0. The van der Waals surface area contributed by atoms with E-state index in [4.69, 9.17) is 85.3 Å². The molecule has 0 bridgehead atoms. The van der Waals surface area contributed by atoms with Crippen LogP contribution in [0.2, 0.25) is 0 Å². The van der Waals surface area contributed by atoms with Gasteiger partial charge in [0.2, 0.25) is 0 Å². The molecule has 0 saturated heterocycles. The summed E-state index contributed by atoms with van der Waals surface area (Å²) in [6.07, 6.45) is 17.3. The van der Waals surface area contributed by atoms with E-state index in [1.165, 1.54) is 0 Å². The van der Waals surface area contributed by atoms with Crippen LogP contribution in [-0.2, 0) is 85.3 Å². The molecule has 0 N–H and O–H groups in total. The quantitative estimate of drug-likeness (QED) is 0.0386. The zero-order valence-corrected chi connectivity index (χ0v) is 61.2. The molecule has 18 nitrogen and oxygen atoms in total. The average molecular weight is 1350 g/mol. The van der Waals surface area contributed by atoms with Gasteiger partial charge in [0.25, 0.3) is 0 Å². The summed E-state index contributed by atoms with van der Waals surface area (Å²) in [7, 11) is 0. The first kappa shape index (κ1) is 88.4. The third kappa shape index (κ3) is 51.6. The number of hydrogen-bond acceptors (Lipinski definition) is 18. The minimum Gasteiger partial charge on any atom is -0.498 e. The molecule has 0 unspecified atom stereocenters. The second-order valence-electron chi connectivity index (χ2n) is 22.0. The molecule has 0 saturated carbocycles. The lowest BCUT2D eigenvalue weighted by Crippen LogP contribution is -2.08. The van der Waals surface area contributed by atoms with E-state index in [-0.39, 0.29) is 0 Å². The number of unbranched alkanes of at least 4 members (excludes halogenated alkanes) is 2. The summed E-state index contributed by atoms with van der Waals surface area (Å²) < 4.78 is 98.7. The highest BCUT2D eigenvalue weighted by atomic mass is 16.6. The number of ether oxygens (including phenoxy) is 18. The van der Waals surface area contributed by atoms with Gasteiger partial charge in [-0.05, 0) is 166 Å². The third-order valence-electron chi connectivity index (χ3n) is 13.6. The first-order chi connectivity index (χ1) is 47.1. The SMILES string of the molecule is CCCCOCCOCCOC=C(C)c1cccc(C(C)=COCCOCCOCCCC)c1.CCCOCCOCCOC=C(C)c1cccc(C(C)=COCCOCCOCCC)c1.CCOCCOCCOC=C(C)c1cccc(C(C)=COCCOCCOCC)c1. The fourth-order valence-electron chi connectivity index (χ4n) is 7.98. The highest BCUT2D eigenvalue weighted by Gasteiger charge is 2.06. The maximum absolute atomic E-state index is 5.64. The van der Waals surface area contributed by atoms with Crippen molar-refractivity contribution in [2.75, 3.05) is 198 Å². The molecule has 546 valence electrons. The molecule has 3 aromatic rings. The third-order valence-corrected chi connectivity index (χ3v) is 13.6. The summed E-state index contributed by atoms with van der Waals surface area (Å²) >= 11 is 0. The number of hydrogen-bond donors (Lipinski definition) is 0. The van der Waals surface area contributed by atoms with Crippen LogP contribution < -0.4 is 0 Å². The Labute approximate surface area is 579 Å². The molecule has 0 heterocycles. The monoisotopic (exact) mass is 1350 g/mol. The van der Waals surface area contributed by atoms with Crippen LogP contribution in [0.15, 0.2) is 110 Å². The summed E-state index contributed by atoms with van der Waals surface area (Å²) in [5.74, 6) is 0. The molecule has 0 atom stereocenters. The molecule has 0 aliphatic heterocycles. The molecule has 0 aromatic heterocycles. The van der Waals surface area contributed by atoms with Gasteiger partial charge >= 0.3 is 0 Å². The molecular formula is C78H126O18. The van der Waals surface area contributed by atoms with Crippen LogP contribution in [0.3, 0.4) is 0 Å². The maximum Gasteiger partial charge on any atom is 0.111 e. The van der Waals surface area contributed by atoms with E-state index in [1.54, 1.807) is 37.6 Å². The second-order valence-corrected chi connectivity index (χ2v) is 22.0. The molecule has 3 aromatic carbocycles. The standard InChI is InChI=1S/C28H46O6.C26H42O6.C24H38O6/c1-5-7-12-29-14-16-31-18-20-33-23-25(3)27-10-9-11-28(22-27)26(4)24-34-21-19-32-17-15-30-13-8-6-2;1-5-10-27-12-14-29-16-18-31-21-23(3)25-8-7-9-26(20-25)24(4)22-32-19-17-30-15-13-28-11-6-2;1-5-25-10-12-27-14-16-29-19-21(3)23-8-7-9-24(18-23)22(4)20-30-17-15-28-13-11-26-6-2/h9-11,22-24H,5-8,12-21H2,1-4H3;7-9,20-22H,5-6,10-19H2,1-4H3;7-9,18-20H,5-6,10-17H2,1-4H3. The van der Waals surface area contributed by atoms with Gasteiger partial charge in [-0.25, -0.2) is 0 Å². The van der Waals surface area contributed by atoms with E-state index in [0.717, 1.165) is 132 Å². The van der Waals surface area contributed by atoms with Crippen LogP contribution in [0.25, 0.3) is 33.4 Å². The van der Waals surface area contributed by atoms with Crippen molar-refractivity contribution >= 4 is 33.4 Å². The van der Waals surface area contributed by atoms with Crippen molar-refractivity contribution < 1.29 is 85.3 Å². The van der Waals surface area contributed by atoms with Gasteiger partial charge in [-0.1, -0.05) is 95.1 Å². The van der Waals surface area contributed by atoms with E-state index in [0.29, 0.717) is 172 Å². The van der Waals surface area contributed by atoms with Gasteiger partial charge in [-0.2, -0.15) is 0 Å². The van der Waals surface area contributed by atoms with Crippen LogP contribution in [0.4, 0.5) is 0 Å². The van der Waals surface area contributed by atoms with E-state index in [9.17, 15) is 0 Å². The van der Waals surface area contributed by atoms with Gasteiger partial charge in [0.1, 0.15) is 39.6 Å². The van der Waals surface area contributed by atoms with Crippen molar-refractivity contribution in [1.82, 2.24) is 0 Å². The largest absolute Gasteiger partial charge is 0.498 e. The predicted octanol–water partition coefficient (Wildman–Crippen LogP) is 16.0. The zero-order chi connectivity index (χ0) is 69.8. The molecule has 0 radical (unpaired) electrons. The van der Waals surface area contributed by atoms with Gasteiger partial charge in [-0.15, -0.1) is 0 Å². The van der Waals surface area contributed by atoms with Crippen molar-refractivity contribution in [1.29, 1.82) is 0 Å². The highest BCUT2D eigenvalue weighted by Crippen LogP contribution is 2.23. The molecule has 0 fully saturated rings. The average Bonchev–Trinajstić information content (AvgIpc) is 1.00. The Balaban J connectivity index is 0.000000721. The fraction of sp³-hybridized carbons (Fsp3) is 0.615. The molecule has 0 spiro atoms. The molecule has 96 heavy (non-hydrogen) atoms. The molecule has 0 aliphatic carbocycles. The topological polar surface area (TPSA) is 166 Å². The van der Waals surface area contributed by atoms with E-state index < -0.39 is 0 Å². The Morgan fingerprint density at radius 2 is 0.396 bits per heavy atom. The fourth-order valence-corrected chi connectivity index (χ4v) is 7.98.